The highest BCUT2D eigenvalue weighted by Crippen LogP contribution is 2.37. The zero-order chi connectivity index (χ0) is 23.7. The lowest BCUT2D eigenvalue weighted by atomic mass is 9.99. The summed E-state index contributed by atoms with van der Waals surface area (Å²) in [5, 5.41) is 0. The van der Waals surface area contributed by atoms with Gasteiger partial charge in [-0.15, -0.1) is 11.3 Å². The second-order valence-electron chi connectivity index (χ2n) is 8.25. The van der Waals surface area contributed by atoms with E-state index in [1.807, 2.05) is 23.1 Å². The molecule has 0 aliphatic carbocycles. The van der Waals surface area contributed by atoms with Gasteiger partial charge in [0, 0.05) is 24.4 Å². The number of anilines is 1. The van der Waals surface area contributed by atoms with Crippen LogP contribution in [0.5, 0.6) is 0 Å². The Hall–Kier alpha value is -3.40. The molecule has 0 atom stereocenters. The standard InChI is InChI=1S/C24H23F2N5O2S/c1-2-9-24(25,26)21-6-4-18(34-21)13-31-14-27-22(29-23(31)32)30-10-7-16(8-11-30)17-3-5-20-19(12-17)28-15-33-20/h3-7,12,14-15H,2,8-11,13H2,1H3. The maximum absolute atomic E-state index is 14.1. The molecule has 1 aliphatic rings. The van der Waals surface area contributed by atoms with Gasteiger partial charge < -0.3 is 9.32 Å². The molecule has 0 saturated carbocycles. The Morgan fingerprint density at radius 1 is 1.21 bits per heavy atom. The number of hydrogen-bond donors (Lipinski definition) is 0. The number of halogens is 2. The van der Waals surface area contributed by atoms with Crippen LogP contribution in [0.4, 0.5) is 14.7 Å². The Bertz CT molecular complexity index is 1410. The molecule has 34 heavy (non-hydrogen) atoms. The molecular formula is C24H23F2N5O2S. The van der Waals surface area contributed by atoms with E-state index in [1.54, 1.807) is 13.0 Å². The van der Waals surface area contributed by atoms with E-state index in [1.165, 1.54) is 28.9 Å². The summed E-state index contributed by atoms with van der Waals surface area (Å²) >= 11 is 1.02. The van der Waals surface area contributed by atoms with Crippen LogP contribution in [0.2, 0.25) is 0 Å². The van der Waals surface area contributed by atoms with Crippen LogP contribution < -0.4 is 10.6 Å². The summed E-state index contributed by atoms with van der Waals surface area (Å²) in [6.07, 6.45) is 5.96. The molecule has 0 radical (unpaired) electrons. The summed E-state index contributed by atoms with van der Waals surface area (Å²) < 4.78 is 34.9. The highest BCUT2D eigenvalue weighted by Gasteiger charge is 2.32. The van der Waals surface area contributed by atoms with Gasteiger partial charge in [-0.05, 0) is 41.8 Å². The monoisotopic (exact) mass is 483 g/mol. The van der Waals surface area contributed by atoms with E-state index in [9.17, 15) is 13.6 Å². The van der Waals surface area contributed by atoms with Crippen LogP contribution in [-0.4, -0.2) is 32.6 Å². The van der Waals surface area contributed by atoms with E-state index in [2.05, 4.69) is 21.0 Å². The Morgan fingerprint density at radius 3 is 2.85 bits per heavy atom. The fourth-order valence-corrected chi connectivity index (χ4v) is 5.05. The van der Waals surface area contributed by atoms with E-state index >= 15 is 0 Å². The van der Waals surface area contributed by atoms with Crippen LogP contribution in [0.15, 0.2) is 58.3 Å². The van der Waals surface area contributed by atoms with Gasteiger partial charge in [0.05, 0.1) is 11.4 Å². The molecule has 7 nitrogen and oxygen atoms in total. The molecule has 0 bridgehead atoms. The number of nitrogens with zero attached hydrogens (tertiary/aromatic N) is 5. The van der Waals surface area contributed by atoms with Crippen LogP contribution in [0.3, 0.4) is 0 Å². The first kappa shape index (κ1) is 22.4. The van der Waals surface area contributed by atoms with E-state index < -0.39 is 11.6 Å². The van der Waals surface area contributed by atoms with Crippen molar-refractivity contribution in [3.8, 4) is 0 Å². The third-order valence-corrected chi connectivity index (χ3v) is 7.04. The van der Waals surface area contributed by atoms with Crippen molar-refractivity contribution >= 4 is 34.0 Å². The van der Waals surface area contributed by atoms with Crippen LogP contribution in [-0.2, 0) is 12.5 Å². The minimum atomic E-state index is -2.84. The van der Waals surface area contributed by atoms with Crippen molar-refractivity contribution in [2.75, 3.05) is 18.0 Å². The lowest BCUT2D eigenvalue weighted by Gasteiger charge is -2.26. The summed E-state index contributed by atoms with van der Waals surface area (Å²) in [7, 11) is 0. The SMILES string of the molecule is CCCC(F)(F)c1ccc(Cn2cnc(N3CC=C(c4ccc5ocnc5c4)CC3)nc2=O)s1. The molecule has 1 aromatic carbocycles. The van der Waals surface area contributed by atoms with Crippen LogP contribution >= 0.6 is 11.3 Å². The van der Waals surface area contributed by atoms with Crippen molar-refractivity contribution in [2.45, 2.75) is 38.7 Å². The molecule has 4 aromatic rings. The van der Waals surface area contributed by atoms with Gasteiger partial charge in [-0.1, -0.05) is 25.5 Å². The topological polar surface area (TPSA) is 77.1 Å². The van der Waals surface area contributed by atoms with Crippen molar-refractivity contribution in [1.29, 1.82) is 0 Å². The number of alkyl halides is 2. The van der Waals surface area contributed by atoms with Crippen LogP contribution in [0.1, 0.15) is 41.5 Å². The van der Waals surface area contributed by atoms with Gasteiger partial charge in [-0.3, -0.25) is 4.57 Å². The van der Waals surface area contributed by atoms with Crippen molar-refractivity contribution in [2.24, 2.45) is 0 Å². The second-order valence-corrected chi connectivity index (χ2v) is 9.42. The molecule has 0 fully saturated rings. The largest absolute Gasteiger partial charge is 0.443 e. The molecule has 10 heteroatoms. The maximum atomic E-state index is 14.1. The van der Waals surface area contributed by atoms with Gasteiger partial charge in [0.25, 0.3) is 5.92 Å². The van der Waals surface area contributed by atoms with Gasteiger partial charge in [0.15, 0.2) is 12.0 Å². The smallest absolute Gasteiger partial charge is 0.352 e. The zero-order valence-electron chi connectivity index (χ0n) is 18.6. The predicted molar refractivity (Wildman–Crippen MR) is 127 cm³/mol. The molecule has 176 valence electrons. The summed E-state index contributed by atoms with van der Waals surface area (Å²) in [5.41, 5.74) is 3.41. The molecule has 4 heterocycles. The third-order valence-electron chi connectivity index (χ3n) is 5.86. The molecule has 0 spiro atoms. The number of thiophene rings is 1. The van der Waals surface area contributed by atoms with Gasteiger partial charge >= 0.3 is 5.69 Å². The number of oxazole rings is 1. The number of rotatable bonds is 7. The summed E-state index contributed by atoms with van der Waals surface area (Å²) in [4.78, 5) is 27.9. The van der Waals surface area contributed by atoms with Crippen LogP contribution in [0.25, 0.3) is 16.7 Å². The van der Waals surface area contributed by atoms with Gasteiger partial charge in [-0.25, -0.2) is 23.5 Å². The zero-order valence-corrected chi connectivity index (χ0v) is 19.4. The van der Waals surface area contributed by atoms with E-state index in [0.717, 1.165) is 34.4 Å². The normalized spacial score (nSPS) is 14.6. The Morgan fingerprint density at radius 2 is 2.09 bits per heavy atom. The average Bonchev–Trinajstić information content (AvgIpc) is 3.50. The van der Waals surface area contributed by atoms with Crippen molar-refractivity contribution < 1.29 is 13.2 Å². The number of fused-ring (bicyclic) bond motifs is 1. The Labute approximate surface area is 198 Å². The minimum absolute atomic E-state index is 0.0218. The maximum Gasteiger partial charge on any atom is 0.352 e. The van der Waals surface area contributed by atoms with Crippen molar-refractivity contribution in [3.05, 3.63) is 74.9 Å². The molecule has 0 unspecified atom stereocenters. The quantitative estimate of drug-likeness (QED) is 0.365. The fraction of sp³-hybridized carbons (Fsp3) is 0.333. The summed E-state index contributed by atoms with van der Waals surface area (Å²) in [5.74, 6) is -2.48. The molecule has 0 N–H and O–H groups in total. The van der Waals surface area contributed by atoms with Crippen molar-refractivity contribution in [3.63, 3.8) is 0 Å². The summed E-state index contributed by atoms with van der Waals surface area (Å²) in [6, 6.07) is 9.01. The van der Waals surface area contributed by atoms with Gasteiger partial charge in [0.1, 0.15) is 11.8 Å². The van der Waals surface area contributed by atoms with E-state index in [4.69, 9.17) is 4.42 Å². The first-order valence-corrected chi connectivity index (χ1v) is 11.9. The lowest BCUT2D eigenvalue weighted by Crippen LogP contribution is -2.33. The highest BCUT2D eigenvalue weighted by atomic mass is 32.1. The molecular weight excluding hydrogens is 460 g/mol. The van der Waals surface area contributed by atoms with Gasteiger partial charge in [0.2, 0.25) is 5.95 Å². The Kier molecular flexibility index (Phi) is 5.99. The molecule has 3 aromatic heterocycles. The summed E-state index contributed by atoms with van der Waals surface area (Å²) in [6.45, 7) is 3.15. The number of aromatic nitrogens is 4. The van der Waals surface area contributed by atoms with Crippen molar-refractivity contribution in [1.82, 2.24) is 19.5 Å². The number of hydrogen-bond acceptors (Lipinski definition) is 7. The molecule has 0 saturated heterocycles. The fourth-order valence-electron chi connectivity index (χ4n) is 4.05. The third kappa shape index (κ3) is 4.50. The molecule has 0 amide bonds. The minimum Gasteiger partial charge on any atom is -0.443 e. The van der Waals surface area contributed by atoms with E-state index in [0.29, 0.717) is 30.3 Å². The molecule has 1 aliphatic heterocycles. The van der Waals surface area contributed by atoms with Gasteiger partial charge in [-0.2, -0.15) is 4.98 Å². The lowest BCUT2D eigenvalue weighted by molar-refractivity contribution is -0.0102. The first-order chi connectivity index (χ1) is 16.4. The first-order valence-electron chi connectivity index (χ1n) is 11.1. The Balaban J connectivity index is 1.27. The average molecular weight is 484 g/mol. The second kappa shape index (κ2) is 9.09. The van der Waals surface area contributed by atoms with E-state index in [-0.39, 0.29) is 17.8 Å². The molecule has 5 rings (SSSR count). The van der Waals surface area contributed by atoms with Crippen LogP contribution in [0, 0.1) is 0 Å². The number of benzene rings is 1. The predicted octanol–water partition coefficient (Wildman–Crippen LogP) is 5.07. The highest BCUT2D eigenvalue weighted by molar-refractivity contribution is 7.12.